The van der Waals surface area contributed by atoms with E-state index in [1.807, 2.05) is 0 Å². The molecule has 2 N–H and O–H groups in total. The van der Waals surface area contributed by atoms with Crippen LogP contribution in [0.3, 0.4) is 0 Å². The van der Waals surface area contributed by atoms with E-state index < -0.39 is 42.3 Å². The minimum Gasteiger partial charge on any atom is -0.508 e. The third-order valence-corrected chi connectivity index (χ3v) is 3.05. The molecule has 0 bridgehead atoms. The van der Waals surface area contributed by atoms with Crippen molar-refractivity contribution in [3.05, 3.63) is 89.4 Å². The predicted molar refractivity (Wildman–Crippen MR) is 95.9 cm³/mol. The average Bonchev–Trinajstić information content (AvgIpc) is 2.69. The SMILES string of the molecule is [2H]c1c([2H])c([2H])c(C([2H])([2H])Oc2cc(O)cc(/C=C/c3ccc(O)cc3)c2)c([2H])c1[2H]. The molecule has 24 heavy (non-hydrogen) atoms. The highest BCUT2D eigenvalue weighted by Crippen LogP contribution is 2.24. The third-order valence-electron chi connectivity index (χ3n) is 3.05. The molecule has 0 aliphatic rings. The quantitative estimate of drug-likeness (QED) is 0.659. The molecule has 0 saturated carbocycles. The Morgan fingerprint density at radius 2 is 1.58 bits per heavy atom. The highest BCUT2D eigenvalue weighted by Gasteiger charge is 2.01. The van der Waals surface area contributed by atoms with Gasteiger partial charge in [-0.2, -0.15) is 0 Å². The van der Waals surface area contributed by atoms with E-state index in [1.165, 1.54) is 24.3 Å². The van der Waals surface area contributed by atoms with Gasteiger partial charge in [-0.25, -0.2) is 0 Å². The zero-order valence-corrected chi connectivity index (χ0v) is 12.5. The monoisotopic (exact) mass is 325 g/mol. The zero-order chi connectivity index (χ0) is 22.9. The van der Waals surface area contributed by atoms with Crippen molar-refractivity contribution in [3.8, 4) is 17.2 Å². The number of rotatable bonds is 5. The van der Waals surface area contributed by atoms with E-state index in [1.54, 1.807) is 24.3 Å². The molecule has 3 aromatic rings. The Kier molecular flexibility index (Phi) is 2.82. The summed E-state index contributed by atoms with van der Waals surface area (Å²) < 4.78 is 60.7. The topological polar surface area (TPSA) is 49.7 Å². The molecule has 0 aliphatic heterocycles. The van der Waals surface area contributed by atoms with E-state index >= 15 is 0 Å². The van der Waals surface area contributed by atoms with Gasteiger partial charge in [0.2, 0.25) is 0 Å². The molecule has 3 aromatic carbocycles. The van der Waals surface area contributed by atoms with E-state index in [0.29, 0.717) is 5.56 Å². The van der Waals surface area contributed by atoms with Crippen LogP contribution in [-0.4, -0.2) is 10.2 Å². The molecule has 3 nitrogen and oxygen atoms in total. The van der Waals surface area contributed by atoms with Crippen LogP contribution in [-0.2, 0) is 6.56 Å². The molecule has 0 heterocycles. The molecular formula is C21H18O3. The lowest BCUT2D eigenvalue weighted by Crippen LogP contribution is -1.95. The Morgan fingerprint density at radius 3 is 2.33 bits per heavy atom. The summed E-state index contributed by atoms with van der Waals surface area (Å²) in [5, 5.41) is 19.3. The second kappa shape index (κ2) is 7.38. The fraction of sp³-hybridized carbons (Fsp3) is 0.0476. The van der Waals surface area contributed by atoms with Gasteiger partial charge in [0.25, 0.3) is 0 Å². The number of hydrogen-bond donors (Lipinski definition) is 2. The minimum atomic E-state index is -2.76. The Balaban J connectivity index is 1.95. The Morgan fingerprint density at radius 1 is 0.875 bits per heavy atom. The lowest BCUT2D eigenvalue weighted by atomic mass is 10.1. The van der Waals surface area contributed by atoms with Gasteiger partial charge in [0.1, 0.15) is 23.8 Å². The summed E-state index contributed by atoms with van der Waals surface area (Å²) in [6.45, 7) is -2.76. The van der Waals surface area contributed by atoms with Crippen LogP contribution in [0, 0.1) is 0 Å². The number of hydrogen-bond acceptors (Lipinski definition) is 3. The predicted octanol–water partition coefficient (Wildman–Crippen LogP) is 4.85. The summed E-state index contributed by atoms with van der Waals surface area (Å²) in [5.74, 6) is -0.179. The molecule has 120 valence electrons. The van der Waals surface area contributed by atoms with Gasteiger partial charge in [-0.05, 0) is 41.0 Å². The molecule has 0 atom stereocenters. The van der Waals surface area contributed by atoms with E-state index in [9.17, 15) is 10.2 Å². The molecule has 0 unspecified atom stereocenters. The normalized spacial score (nSPS) is 15.6. The molecule has 0 aliphatic carbocycles. The lowest BCUT2D eigenvalue weighted by Gasteiger charge is -2.08. The molecule has 3 rings (SSSR count). The number of benzene rings is 3. The van der Waals surface area contributed by atoms with E-state index in [4.69, 9.17) is 14.3 Å². The van der Waals surface area contributed by atoms with Crippen molar-refractivity contribution in [2.24, 2.45) is 0 Å². The van der Waals surface area contributed by atoms with Crippen LogP contribution in [0.25, 0.3) is 12.2 Å². The molecule has 0 fully saturated rings. The Labute approximate surface area is 150 Å². The highest BCUT2D eigenvalue weighted by molar-refractivity contribution is 5.71. The van der Waals surface area contributed by atoms with Gasteiger partial charge in [0.15, 0.2) is 0 Å². The first-order valence-corrected chi connectivity index (χ1v) is 7.07. The number of phenols is 2. The summed E-state index contributed by atoms with van der Waals surface area (Å²) in [7, 11) is 0. The fourth-order valence-electron chi connectivity index (χ4n) is 1.95. The van der Waals surface area contributed by atoms with E-state index in [-0.39, 0.29) is 17.2 Å². The fourth-order valence-corrected chi connectivity index (χ4v) is 1.95. The minimum absolute atomic E-state index is 0.0952. The van der Waals surface area contributed by atoms with Crippen LogP contribution >= 0.6 is 0 Å². The largest absolute Gasteiger partial charge is 0.508 e. The van der Waals surface area contributed by atoms with Crippen LogP contribution in [0.15, 0.2) is 72.7 Å². The van der Waals surface area contributed by atoms with Crippen LogP contribution < -0.4 is 4.74 Å². The molecule has 0 amide bonds. The molecular weight excluding hydrogens is 300 g/mol. The van der Waals surface area contributed by atoms with Crippen molar-refractivity contribution in [1.82, 2.24) is 0 Å². The number of ether oxygens (including phenoxy) is 1. The molecule has 0 aromatic heterocycles. The number of phenolic OH excluding ortho intramolecular Hbond substituents is 2. The first-order valence-electron chi connectivity index (χ1n) is 10.6. The van der Waals surface area contributed by atoms with Crippen molar-refractivity contribution >= 4 is 12.2 Å². The van der Waals surface area contributed by atoms with Gasteiger partial charge < -0.3 is 14.9 Å². The van der Waals surface area contributed by atoms with Gasteiger partial charge >= 0.3 is 0 Å². The average molecular weight is 325 g/mol. The van der Waals surface area contributed by atoms with Crippen LogP contribution in [0.5, 0.6) is 17.2 Å². The van der Waals surface area contributed by atoms with E-state index in [0.717, 1.165) is 11.6 Å². The van der Waals surface area contributed by atoms with Crippen LogP contribution in [0.1, 0.15) is 26.3 Å². The molecule has 0 spiro atoms. The van der Waals surface area contributed by atoms with Crippen LogP contribution in [0.4, 0.5) is 0 Å². The van der Waals surface area contributed by atoms with E-state index in [2.05, 4.69) is 0 Å². The highest BCUT2D eigenvalue weighted by atomic mass is 16.5. The maximum absolute atomic E-state index is 10.0. The first-order chi connectivity index (χ1) is 14.5. The first kappa shape index (κ1) is 9.18. The van der Waals surface area contributed by atoms with Crippen molar-refractivity contribution in [2.75, 3.05) is 0 Å². The van der Waals surface area contributed by atoms with Crippen molar-refractivity contribution in [3.63, 3.8) is 0 Å². The van der Waals surface area contributed by atoms with Gasteiger partial charge in [0, 0.05) is 6.07 Å². The van der Waals surface area contributed by atoms with Gasteiger partial charge in [0.05, 0.1) is 9.60 Å². The maximum Gasteiger partial charge on any atom is 0.124 e. The molecule has 0 radical (unpaired) electrons. The van der Waals surface area contributed by atoms with Gasteiger partial charge in [-0.3, -0.25) is 0 Å². The summed E-state index contributed by atoms with van der Waals surface area (Å²) in [6.07, 6.45) is 3.35. The second-order valence-electron chi connectivity index (χ2n) is 4.89. The van der Waals surface area contributed by atoms with Crippen molar-refractivity contribution in [1.29, 1.82) is 0 Å². The lowest BCUT2D eigenvalue weighted by molar-refractivity contribution is 0.304. The molecule has 3 heteroatoms. The summed E-state index contributed by atoms with van der Waals surface area (Å²) in [4.78, 5) is 0. The smallest absolute Gasteiger partial charge is 0.124 e. The Bertz CT molecular complexity index is 1130. The van der Waals surface area contributed by atoms with Gasteiger partial charge in [-0.15, -0.1) is 0 Å². The van der Waals surface area contributed by atoms with Crippen molar-refractivity contribution < 1.29 is 24.5 Å². The maximum atomic E-state index is 10.0. The molecule has 0 saturated heterocycles. The van der Waals surface area contributed by atoms with Crippen LogP contribution in [0.2, 0.25) is 0 Å². The van der Waals surface area contributed by atoms with Gasteiger partial charge in [-0.1, -0.05) is 54.5 Å². The summed E-state index contributed by atoms with van der Waals surface area (Å²) in [5.41, 5.74) is 0.612. The van der Waals surface area contributed by atoms with Crippen molar-refractivity contribution in [2.45, 2.75) is 6.56 Å². The summed E-state index contributed by atoms with van der Waals surface area (Å²) >= 11 is 0. The Hall–Kier alpha value is -3.20. The number of aromatic hydroxyl groups is 2. The standard InChI is InChI=1S/C21H18O3/c22-19-10-8-16(9-11-19)6-7-18-12-20(23)14-21(13-18)24-15-17-4-2-1-3-5-17/h1-14,22-23H,15H2/b7-6+/i1D,2D,3D,4D,5D,15D2. The third kappa shape index (κ3) is 4.40. The summed E-state index contributed by atoms with van der Waals surface area (Å²) in [6, 6.07) is 7.04. The zero-order valence-electron chi connectivity index (χ0n) is 19.5. The second-order valence-corrected chi connectivity index (χ2v) is 4.89.